The van der Waals surface area contributed by atoms with Gasteiger partial charge in [0.2, 0.25) is 23.6 Å². The summed E-state index contributed by atoms with van der Waals surface area (Å²) in [4.78, 5) is 52.6. The van der Waals surface area contributed by atoms with Gasteiger partial charge in [-0.05, 0) is 38.0 Å². The van der Waals surface area contributed by atoms with Crippen LogP contribution in [0.2, 0.25) is 5.02 Å². The Kier molecular flexibility index (Phi) is 4.66. The number of amides is 4. The number of carbonyl (C=O) groups excluding carboxylic acids is 4. The fourth-order valence-corrected chi connectivity index (χ4v) is 5.13. The number of carbonyl (C=O) groups is 4. The third kappa shape index (κ3) is 2.69. The largest absolute Gasteiger partial charge is 0.370 e. The molecule has 9 heteroatoms. The van der Waals surface area contributed by atoms with Crippen LogP contribution < -0.4 is 16.4 Å². The van der Waals surface area contributed by atoms with Gasteiger partial charge in [-0.3, -0.25) is 29.4 Å². The number of nitrogens with two attached hydrogens (primary N) is 1. The molecule has 0 aliphatic carbocycles. The van der Waals surface area contributed by atoms with E-state index < -0.39 is 35.2 Å². The molecular formula is C20H23ClN4O4. The highest BCUT2D eigenvalue weighted by atomic mass is 35.5. The van der Waals surface area contributed by atoms with Crippen LogP contribution in [-0.4, -0.2) is 40.6 Å². The molecule has 0 radical (unpaired) electrons. The van der Waals surface area contributed by atoms with Crippen LogP contribution in [0.3, 0.4) is 0 Å². The highest BCUT2D eigenvalue weighted by Crippen LogP contribution is 2.54. The van der Waals surface area contributed by atoms with E-state index in [1.54, 1.807) is 18.2 Å². The zero-order valence-corrected chi connectivity index (χ0v) is 17.0. The molecule has 3 aliphatic rings. The number of halogens is 1. The van der Waals surface area contributed by atoms with Crippen molar-refractivity contribution in [2.75, 3.05) is 5.32 Å². The minimum Gasteiger partial charge on any atom is -0.370 e. The Labute approximate surface area is 173 Å². The Bertz CT molecular complexity index is 935. The lowest BCUT2D eigenvalue weighted by Gasteiger charge is -2.31. The molecular weight excluding hydrogens is 396 g/mol. The molecule has 0 unspecified atom stereocenters. The maximum Gasteiger partial charge on any atom is 0.250 e. The highest BCUT2D eigenvalue weighted by Gasteiger charge is 2.70. The first-order valence-corrected chi connectivity index (χ1v) is 10.1. The number of rotatable bonds is 5. The van der Waals surface area contributed by atoms with Crippen LogP contribution in [0.4, 0.5) is 5.69 Å². The predicted octanol–water partition coefficient (Wildman–Crippen LogP) is 1.12. The molecule has 8 nitrogen and oxygen atoms in total. The van der Waals surface area contributed by atoms with Crippen molar-refractivity contribution >= 4 is 40.9 Å². The number of anilines is 1. The van der Waals surface area contributed by atoms with Crippen molar-refractivity contribution < 1.29 is 19.2 Å². The molecule has 5 atom stereocenters. The Hall–Kier alpha value is -2.45. The van der Waals surface area contributed by atoms with Gasteiger partial charge in [-0.25, -0.2) is 0 Å². The zero-order chi connectivity index (χ0) is 21.1. The Morgan fingerprint density at radius 3 is 2.69 bits per heavy atom. The van der Waals surface area contributed by atoms with Crippen LogP contribution in [0, 0.1) is 11.8 Å². The number of benzene rings is 1. The smallest absolute Gasteiger partial charge is 0.250 e. The maximum absolute atomic E-state index is 13.4. The average Bonchev–Trinajstić information content (AvgIpc) is 3.25. The van der Waals surface area contributed by atoms with E-state index in [1.807, 2.05) is 13.8 Å². The second kappa shape index (κ2) is 6.81. The molecule has 3 heterocycles. The van der Waals surface area contributed by atoms with Gasteiger partial charge in [0.05, 0.1) is 11.8 Å². The number of hydrogen-bond donors (Lipinski definition) is 3. The first-order valence-electron chi connectivity index (χ1n) is 9.76. The lowest BCUT2D eigenvalue weighted by molar-refractivity contribution is -0.145. The van der Waals surface area contributed by atoms with E-state index in [4.69, 9.17) is 17.3 Å². The minimum absolute atomic E-state index is 0.0474. The molecule has 3 aliphatic heterocycles. The summed E-state index contributed by atoms with van der Waals surface area (Å²) in [5, 5.41) is 6.49. The molecule has 2 saturated heterocycles. The lowest BCUT2D eigenvalue weighted by Crippen LogP contribution is -2.54. The first kappa shape index (κ1) is 19.8. The van der Waals surface area contributed by atoms with E-state index >= 15 is 0 Å². The summed E-state index contributed by atoms with van der Waals surface area (Å²) >= 11 is 6.19. The number of imide groups is 1. The van der Waals surface area contributed by atoms with Crippen LogP contribution in [-0.2, 0) is 24.7 Å². The van der Waals surface area contributed by atoms with E-state index in [1.165, 1.54) is 4.90 Å². The topological polar surface area (TPSA) is 122 Å². The van der Waals surface area contributed by atoms with Crippen molar-refractivity contribution in [2.24, 2.45) is 17.6 Å². The molecule has 0 saturated carbocycles. The Morgan fingerprint density at radius 2 is 2.03 bits per heavy atom. The number of fused-ring (bicyclic) bond motifs is 4. The van der Waals surface area contributed by atoms with Crippen molar-refractivity contribution in [1.29, 1.82) is 0 Å². The summed E-state index contributed by atoms with van der Waals surface area (Å²) in [5.41, 5.74) is 5.02. The summed E-state index contributed by atoms with van der Waals surface area (Å²) in [6.45, 7) is 3.71. The highest BCUT2D eigenvalue weighted by molar-refractivity contribution is 6.31. The number of nitrogens with zero attached hydrogens (tertiary/aromatic N) is 1. The summed E-state index contributed by atoms with van der Waals surface area (Å²) in [6.07, 6.45) is 0.915. The fraction of sp³-hybridized carbons (Fsp3) is 0.500. The second-order valence-corrected chi connectivity index (χ2v) is 8.45. The van der Waals surface area contributed by atoms with Crippen LogP contribution in [0.5, 0.6) is 0 Å². The first-order chi connectivity index (χ1) is 13.7. The van der Waals surface area contributed by atoms with Gasteiger partial charge >= 0.3 is 0 Å². The molecule has 0 aromatic heterocycles. The summed E-state index contributed by atoms with van der Waals surface area (Å²) < 4.78 is 0. The quantitative estimate of drug-likeness (QED) is 0.618. The van der Waals surface area contributed by atoms with Crippen molar-refractivity contribution in [3.8, 4) is 0 Å². The van der Waals surface area contributed by atoms with Crippen molar-refractivity contribution in [1.82, 2.24) is 10.2 Å². The maximum atomic E-state index is 13.4. The lowest BCUT2D eigenvalue weighted by atomic mass is 9.76. The molecule has 4 N–H and O–H groups in total. The van der Waals surface area contributed by atoms with E-state index in [9.17, 15) is 19.2 Å². The van der Waals surface area contributed by atoms with E-state index in [0.29, 0.717) is 22.7 Å². The van der Waals surface area contributed by atoms with E-state index in [2.05, 4.69) is 10.6 Å². The molecule has 154 valence electrons. The van der Waals surface area contributed by atoms with Gasteiger partial charge in [0.25, 0.3) is 0 Å². The molecule has 0 bridgehead atoms. The number of likely N-dealkylation sites (tertiary alicyclic amines) is 1. The summed E-state index contributed by atoms with van der Waals surface area (Å²) in [6, 6.07) is 4.18. The minimum atomic E-state index is -1.40. The van der Waals surface area contributed by atoms with Crippen molar-refractivity contribution in [2.45, 2.75) is 50.7 Å². The summed E-state index contributed by atoms with van der Waals surface area (Å²) in [5.74, 6) is -3.21. The van der Waals surface area contributed by atoms with Crippen LogP contribution in [0.15, 0.2) is 18.2 Å². The number of nitrogens with one attached hydrogen (secondary N) is 2. The molecule has 29 heavy (non-hydrogen) atoms. The average molecular weight is 419 g/mol. The van der Waals surface area contributed by atoms with Crippen molar-refractivity contribution in [3.63, 3.8) is 0 Å². The monoisotopic (exact) mass is 418 g/mol. The summed E-state index contributed by atoms with van der Waals surface area (Å²) in [7, 11) is 0. The van der Waals surface area contributed by atoms with E-state index in [0.717, 1.165) is 0 Å². The van der Waals surface area contributed by atoms with Gasteiger partial charge in [0, 0.05) is 34.8 Å². The van der Waals surface area contributed by atoms with Gasteiger partial charge in [0.15, 0.2) is 0 Å². The van der Waals surface area contributed by atoms with Crippen LogP contribution in [0.1, 0.15) is 38.7 Å². The number of primary amides is 1. The zero-order valence-electron chi connectivity index (χ0n) is 16.2. The van der Waals surface area contributed by atoms with Gasteiger partial charge in [0.1, 0.15) is 5.54 Å². The van der Waals surface area contributed by atoms with Gasteiger partial charge in [-0.2, -0.15) is 0 Å². The van der Waals surface area contributed by atoms with Crippen LogP contribution >= 0.6 is 11.6 Å². The molecule has 1 aromatic carbocycles. The van der Waals surface area contributed by atoms with E-state index in [-0.39, 0.29) is 30.7 Å². The molecule has 2 fully saturated rings. The third-order valence-corrected chi connectivity index (χ3v) is 6.68. The second-order valence-electron chi connectivity index (χ2n) is 8.02. The van der Waals surface area contributed by atoms with Gasteiger partial charge < -0.3 is 11.1 Å². The SMILES string of the molecule is CC[C@H](C)N1C(=O)[C@@H]2[C@H](CCC(N)=O)N[C@]3(C(=O)Nc4ccc(Cl)cc43)[C@@H]2C1=O. The molecule has 4 amide bonds. The Balaban J connectivity index is 1.85. The normalized spacial score (nSPS) is 31.2. The van der Waals surface area contributed by atoms with Gasteiger partial charge in [-0.15, -0.1) is 0 Å². The number of hydrogen-bond acceptors (Lipinski definition) is 5. The standard InChI is InChI=1S/C20H23ClN4O4/c1-3-9(2)25-17(27)15-13(6-7-14(22)26)24-20(16(15)18(25)28)11-8-10(21)4-5-12(11)23-19(20)29/h4-5,8-9,13,15-16,24H,3,6-7H2,1-2H3,(H2,22,26)(H,23,29)/t9-,13-,15+,16-,20-/m0/s1. The fourth-order valence-electron chi connectivity index (χ4n) is 4.96. The van der Waals surface area contributed by atoms with Crippen molar-refractivity contribution in [3.05, 3.63) is 28.8 Å². The van der Waals surface area contributed by atoms with Crippen LogP contribution in [0.25, 0.3) is 0 Å². The molecule has 1 spiro atoms. The van der Waals surface area contributed by atoms with Gasteiger partial charge in [-0.1, -0.05) is 18.5 Å². The Morgan fingerprint density at radius 1 is 1.31 bits per heavy atom. The molecule has 1 aromatic rings. The predicted molar refractivity (Wildman–Crippen MR) is 106 cm³/mol. The molecule has 4 rings (SSSR count). The third-order valence-electron chi connectivity index (χ3n) is 6.44.